The first-order chi connectivity index (χ1) is 7.38. The summed E-state index contributed by atoms with van der Waals surface area (Å²) in [4.78, 5) is 10.9. The predicted molar refractivity (Wildman–Crippen MR) is 70.2 cm³/mol. The highest BCUT2D eigenvalue weighted by Gasteiger charge is 2.12. The van der Waals surface area contributed by atoms with Gasteiger partial charge in [0.05, 0.1) is 8.42 Å². The summed E-state index contributed by atoms with van der Waals surface area (Å²) >= 11 is 6.57. The molecule has 15 heavy (non-hydrogen) atoms. The lowest BCUT2D eigenvalue weighted by molar-refractivity contribution is -0.106. The van der Waals surface area contributed by atoms with Gasteiger partial charge in [-0.05, 0) is 22.9 Å². The molecule has 0 N–H and O–H groups in total. The Kier molecular flexibility index (Phi) is 4.31. The minimum atomic E-state index is -0.0395. The number of hydrogen-bond acceptors (Lipinski definition) is 5. The summed E-state index contributed by atoms with van der Waals surface area (Å²) in [7, 11) is 0. The standard InChI is InChI=1S/C10H8OS4/c11-7-10(14-8-3-1-5-12-8)15-9-4-2-6-13-9/h1-7,10H. The smallest absolute Gasteiger partial charge is 0.143 e. The first-order valence-corrected chi connectivity index (χ1v) is 7.76. The fourth-order valence-corrected chi connectivity index (χ4v) is 5.33. The van der Waals surface area contributed by atoms with Gasteiger partial charge in [0, 0.05) is 0 Å². The highest BCUT2D eigenvalue weighted by atomic mass is 32.2. The van der Waals surface area contributed by atoms with Gasteiger partial charge in [0.25, 0.3) is 0 Å². The van der Waals surface area contributed by atoms with Gasteiger partial charge < -0.3 is 4.79 Å². The van der Waals surface area contributed by atoms with Gasteiger partial charge >= 0.3 is 0 Å². The van der Waals surface area contributed by atoms with E-state index in [1.165, 1.54) is 8.42 Å². The number of thioether (sulfide) groups is 2. The Hall–Kier alpha value is -0.230. The molecule has 0 spiro atoms. The molecule has 0 radical (unpaired) electrons. The Morgan fingerprint density at radius 2 is 1.60 bits per heavy atom. The van der Waals surface area contributed by atoms with Crippen LogP contribution in [0.25, 0.3) is 0 Å². The van der Waals surface area contributed by atoms with Crippen molar-refractivity contribution >= 4 is 52.5 Å². The quantitative estimate of drug-likeness (QED) is 0.461. The minimum absolute atomic E-state index is 0.0395. The van der Waals surface area contributed by atoms with Crippen LogP contribution in [-0.4, -0.2) is 10.9 Å². The van der Waals surface area contributed by atoms with E-state index in [1.807, 2.05) is 35.0 Å². The van der Waals surface area contributed by atoms with E-state index in [-0.39, 0.29) is 4.58 Å². The van der Waals surface area contributed by atoms with Crippen molar-refractivity contribution in [1.29, 1.82) is 0 Å². The lowest BCUT2D eigenvalue weighted by Gasteiger charge is -2.05. The Morgan fingerprint density at radius 1 is 1.07 bits per heavy atom. The summed E-state index contributed by atoms with van der Waals surface area (Å²) < 4.78 is 2.34. The first kappa shape index (κ1) is 11.3. The van der Waals surface area contributed by atoms with Gasteiger partial charge in [0.2, 0.25) is 0 Å². The van der Waals surface area contributed by atoms with E-state index in [0.717, 1.165) is 6.29 Å². The predicted octanol–water partition coefficient (Wildman–Crippen LogP) is 4.22. The first-order valence-electron chi connectivity index (χ1n) is 4.24. The highest BCUT2D eigenvalue weighted by molar-refractivity contribution is 8.19. The van der Waals surface area contributed by atoms with E-state index in [4.69, 9.17) is 0 Å². The third-order valence-corrected chi connectivity index (χ3v) is 6.04. The molecule has 0 aliphatic rings. The molecule has 2 aromatic rings. The summed E-state index contributed by atoms with van der Waals surface area (Å²) in [5.74, 6) is 0. The lowest BCUT2D eigenvalue weighted by Crippen LogP contribution is -1.95. The molecule has 2 aromatic heterocycles. The summed E-state index contributed by atoms with van der Waals surface area (Å²) in [5.41, 5.74) is 0. The molecule has 0 aliphatic carbocycles. The Labute approximate surface area is 105 Å². The van der Waals surface area contributed by atoms with Crippen LogP contribution in [-0.2, 0) is 4.79 Å². The van der Waals surface area contributed by atoms with E-state index in [9.17, 15) is 4.79 Å². The summed E-state index contributed by atoms with van der Waals surface area (Å²) in [6.45, 7) is 0. The van der Waals surface area contributed by atoms with E-state index >= 15 is 0 Å². The number of aldehydes is 1. The molecule has 2 heterocycles. The van der Waals surface area contributed by atoms with Crippen LogP contribution in [0.3, 0.4) is 0 Å². The maximum atomic E-state index is 10.9. The van der Waals surface area contributed by atoms with Crippen LogP contribution in [0.4, 0.5) is 0 Å². The molecule has 0 saturated heterocycles. The zero-order chi connectivity index (χ0) is 10.5. The SMILES string of the molecule is O=CC(Sc1cccs1)Sc1cccs1. The largest absolute Gasteiger partial charge is 0.301 e. The van der Waals surface area contributed by atoms with Crippen molar-refractivity contribution in [3.05, 3.63) is 35.0 Å². The van der Waals surface area contributed by atoms with Crippen LogP contribution in [0, 0.1) is 0 Å². The fraction of sp³-hybridized carbons (Fsp3) is 0.100. The molecule has 0 unspecified atom stereocenters. The van der Waals surface area contributed by atoms with Crippen molar-refractivity contribution < 1.29 is 4.79 Å². The van der Waals surface area contributed by atoms with Gasteiger partial charge in [-0.3, -0.25) is 0 Å². The van der Waals surface area contributed by atoms with Gasteiger partial charge in [-0.15, -0.1) is 22.7 Å². The number of rotatable bonds is 5. The van der Waals surface area contributed by atoms with E-state index in [1.54, 1.807) is 46.2 Å². The number of carbonyl (C=O) groups excluding carboxylic acids is 1. The van der Waals surface area contributed by atoms with E-state index in [0.29, 0.717) is 0 Å². The molecule has 0 aromatic carbocycles. The Balaban J connectivity index is 1.96. The summed E-state index contributed by atoms with van der Waals surface area (Å²) in [6.07, 6.45) is 1.01. The highest BCUT2D eigenvalue weighted by Crippen LogP contribution is 2.37. The van der Waals surface area contributed by atoms with Gasteiger partial charge in [0.1, 0.15) is 10.9 Å². The van der Waals surface area contributed by atoms with Gasteiger partial charge in [-0.1, -0.05) is 35.7 Å². The average molecular weight is 272 g/mol. The molecule has 0 atom stereocenters. The topological polar surface area (TPSA) is 17.1 Å². The molecule has 0 saturated carbocycles. The molecule has 2 rings (SSSR count). The van der Waals surface area contributed by atoms with Crippen LogP contribution in [0.5, 0.6) is 0 Å². The average Bonchev–Trinajstić information content (AvgIpc) is 2.89. The van der Waals surface area contributed by atoms with Crippen LogP contribution in [0.15, 0.2) is 43.4 Å². The zero-order valence-corrected chi connectivity index (χ0v) is 10.9. The van der Waals surface area contributed by atoms with E-state index < -0.39 is 0 Å². The van der Waals surface area contributed by atoms with Gasteiger partial charge in [0.15, 0.2) is 0 Å². The van der Waals surface area contributed by atoms with Crippen molar-refractivity contribution in [2.24, 2.45) is 0 Å². The van der Waals surface area contributed by atoms with Crippen LogP contribution < -0.4 is 0 Å². The summed E-state index contributed by atoms with van der Waals surface area (Å²) in [5, 5.41) is 4.06. The van der Waals surface area contributed by atoms with Crippen molar-refractivity contribution in [3.63, 3.8) is 0 Å². The third-order valence-electron chi connectivity index (χ3n) is 1.57. The maximum absolute atomic E-state index is 10.9. The molecule has 1 nitrogen and oxygen atoms in total. The second-order valence-electron chi connectivity index (χ2n) is 2.60. The van der Waals surface area contributed by atoms with Crippen LogP contribution in [0.1, 0.15) is 0 Å². The maximum Gasteiger partial charge on any atom is 0.143 e. The normalized spacial score (nSPS) is 10.7. The fourth-order valence-electron chi connectivity index (χ4n) is 0.970. The Morgan fingerprint density at radius 3 is 1.93 bits per heavy atom. The molecule has 0 fully saturated rings. The molecule has 0 bridgehead atoms. The molecular formula is C10H8OS4. The number of hydrogen-bond donors (Lipinski definition) is 0. The van der Waals surface area contributed by atoms with Gasteiger partial charge in [-0.25, -0.2) is 0 Å². The monoisotopic (exact) mass is 272 g/mol. The molecular weight excluding hydrogens is 264 g/mol. The molecule has 0 aliphatic heterocycles. The van der Waals surface area contributed by atoms with Crippen molar-refractivity contribution in [2.45, 2.75) is 13.0 Å². The van der Waals surface area contributed by atoms with Crippen molar-refractivity contribution in [2.75, 3.05) is 0 Å². The second kappa shape index (κ2) is 5.75. The lowest BCUT2D eigenvalue weighted by atomic mass is 10.7. The van der Waals surface area contributed by atoms with Crippen LogP contribution in [0.2, 0.25) is 0 Å². The van der Waals surface area contributed by atoms with Gasteiger partial charge in [-0.2, -0.15) is 0 Å². The number of carbonyl (C=O) groups is 1. The molecule has 78 valence electrons. The zero-order valence-electron chi connectivity index (χ0n) is 7.66. The second-order valence-corrected chi connectivity index (χ2v) is 7.68. The Bertz CT molecular complexity index is 357. The van der Waals surface area contributed by atoms with E-state index in [2.05, 4.69) is 0 Å². The molecule has 0 amide bonds. The van der Waals surface area contributed by atoms with Crippen molar-refractivity contribution in [1.82, 2.24) is 0 Å². The summed E-state index contributed by atoms with van der Waals surface area (Å²) in [6, 6.07) is 8.09. The minimum Gasteiger partial charge on any atom is -0.301 e. The number of thiophene rings is 2. The van der Waals surface area contributed by atoms with Crippen molar-refractivity contribution in [3.8, 4) is 0 Å². The molecule has 5 heteroatoms. The van der Waals surface area contributed by atoms with Crippen LogP contribution >= 0.6 is 46.2 Å². The third kappa shape index (κ3) is 3.38.